The van der Waals surface area contributed by atoms with Crippen LogP contribution in [0, 0.1) is 5.92 Å². The molecule has 1 saturated carbocycles. The van der Waals surface area contributed by atoms with E-state index in [1.807, 2.05) is 13.8 Å². The van der Waals surface area contributed by atoms with Crippen molar-refractivity contribution in [1.29, 1.82) is 0 Å². The van der Waals surface area contributed by atoms with E-state index in [2.05, 4.69) is 16.0 Å². The van der Waals surface area contributed by atoms with Crippen molar-refractivity contribution in [3.8, 4) is 0 Å². The van der Waals surface area contributed by atoms with Crippen molar-refractivity contribution in [3.05, 3.63) is 0 Å². The Bertz CT molecular complexity index is 494. The lowest BCUT2D eigenvalue weighted by Gasteiger charge is -2.35. The van der Waals surface area contributed by atoms with E-state index in [0.717, 1.165) is 25.7 Å². The van der Waals surface area contributed by atoms with Gasteiger partial charge in [-0.1, -0.05) is 13.3 Å². The minimum atomic E-state index is -0.880. The monoisotopic (exact) mass is 325 g/mol. The maximum Gasteiger partial charge on any atom is 0.247 e. The Labute approximate surface area is 136 Å². The second-order valence-corrected chi connectivity index (χ2v) is 6.53. The van der Waals surface area contributed by atoms with E-state index in [1.165, 1.54) is 17.5 Å². The molecule has 0 aromatic rings. The van der Waals surface area contributed by atoms with Crippen LogP contribution in [-0.4, -0.2) is 46.2 Å². The zero-order chi connectivity index (χ0) is 16.3. The average Bonchev–Trinajstić information content (AvgIpc) is 2.48. The molecule has 2 fully saturated rings. The molecular formula is C15H25N4O2S+. The number of rotatable bonds is 4. The molecule has 0 aromatic carbocycles. The van der Waals surface area contributed by atoms with Gasteiger partial charge in [-0.2, -0.15) is 0 Å². The number of amides is 2. The molecule has 2 aliphatic rings. The highest BCUT2D eigenvalue weighted by Gasteiger charge is 2.39. The van der Waals surface area contributed by atoms with Gasteiger partial charge in [0.2, 0.25) is 11.8 Å². The highest BCUT2D eigenvalue weighted by Crippen LogP contribution is 2.20. The molecule has 1 aliphatic heterocycles. The second-order valence-electron chi connectivity index (χ2n) is 6.15. The van der Waals surface area contributed by atoms with Gasteiger partial charge in [-0.05, 0) is 38.4 Å². The van der Waals surface area contributed by atoms with Gasteiger partial charge in [-0.15, -0.1) is 0 Å². The van der Waals surface area contributed by atoms with E-state index in [4.69, 9.17) is 12.2 Å². The molecule has 0 aromatic heterocycles. The summed E-state index contributed by atoms with van der Waals surface area (Å²) in [6, 6.07) is 0.338. The lowest BCUT2D eigenvalue weighted by molar-refractivity contribution is -0.428. The lowest BCUT2D eigenvalue weighted by atomic mass is 9.91. The molecule has 7 heteroatoms. The number of aliphatic imine (C=N–C) groups is 1. The number of quaternary nitrogens is 1. The average molecular weight is 325 g/mol. The van der Waals surface area contributed by atoms with E-state index in [0.29, 0.717) is 0 Å². The highest BCUT2D eigenvalue weighted by atomic mass is 32.1. The van der Waals surface area contributed by atoms with Crippen LogP contribution in [0.4, 0.5) is 0 Å². The number of thiocarbonyl (C=S) groups is 1. The zero-order valence-electron chi connectivity index (χ0n) is 13.2. The first-order valence-electron chi connectivity index (χ1n) is 8.00. The molecule has 22 heavy (non-hydrogen) atoms. The van der Waals surface area contributed by atoms with E-state index >= 15 is 0 Å². The Balaban J connectivity index is 2.12. The van der Waals surface area contributed by atoms with Crippen LogP contribution in [-0.2, 0) is 9.59 Å². The Kier molecular flexibility index (Phi) is 5.63. The van der Waals surface area contributed by atoms with Crippen molar-refractivity contribution in [1.82, 2.24) is 10.2 Å². The lowest BCUT2D eigenvalue weighted by Crippen LogP contribution is -2.66. The molecule has 0 unspecified atom stereocenters. The predicted octanol–water partition coefficient (Wildman–Crippen LogP) is 0.268. The summed E-state index contributed by atoms with van der Waals surface area (Å²) < 4.78 is 0. The summed E-state index contributed by atoms with van der Waals surface area (Å²) in [5.41, 5.74) is 4.12. The van der Waals surface area contributed by atoms with Crippen LogP contribution >= 0.6 is 12.2 Å². The van der Waals surface area contributed by atoms with Gasteiger partial charge in [-0.3, -0.25) is 19.5 Å². The molecule has 0 radical (unpaired) electrons. The first kappa shape index (κ1) is 17.0. The van der Waals surface area contributed by atoms with Crippen molar-refractivity contribution in [3.63, 3.8) is 0 Å². The Morgan fingerprint density at radius 1 is 1.45 bits per heavy atom. The van der Waals surface area contributed by atoms with Crippen LogP contribution in [0.25, 0.3) is 0 Å². The maximum absolute atomic E-state index is 12.6. The minimum absolute atomic E-state index is 0.0354. The van der Waals surface area contributed by atoms with Gasteiger partial charge in [0.1, 0.15) is 12.1 Å². The van der Waals surface area contributed by atoms with Gasteiger partial charge in [0.05, 0.1) is 0 Å². The number of nitrogens with zero attached hydrogens (tertiary/aromatic N) is 2. The van der Waals surface area contributed by atoms with Gasteiger partial charge in [0.25, 0.3) is 0 Å². The molecule has 0 bridgehead atoms. The summed E-state index contributed by atoms with van der Waals surface area (Å²) in [5.74, 6) is -1.53. The predicted molar refractivity (Wildman–Crippen MR) is 88.3 cm³/mol. The fourth-order valence-electron chi connectivity index (χ4n) is 2.92. The van der Waals surface area contributed by atoms with E-state index in [9.17, 15) is 9.59 Å². The SMILES string of the molecule is CC[C@@H](C)N1C(=O)[C@@H](C=N[C@H]2CCCC[C@@H]2[NH3+])C(=O)NC1=S. The van der Waals surface area contributed by atoms with E-state index in [-0.39, 0.29) is 35.1 Å². The third kappa shape index (κ3) is 3.52. The Morgan fingerprint density at radius 2 is 2.14 bits per heavy atom. The van der Waals surface area contributed by atoms with Gasteiger partial charge >= 0.3 is 0 Å². The van der Waals surface area contributed by atoms with Crippen LogP contribution in [0.3, 0.4) is 0 Å². The number of nitrogens with one attached hydrogen (secondary N) is 1. The topological polar surface area (TPSA) is 89.4 Å². The molecule has 1 aliphatic carbocycles. The summed E-state index contributed by atoms with van der Waals surface area (Å²) in [6.45, 7) is 3.90. The number of hydrogen-bond acceptors (Lipinski definition) is 4. The highest BCUT2D eigenvalue weighted by molar-refractivity contribution is 7.80. The number of carbonyl (C=O) groups is 2. The normalized spacial score (nSPS) is 31.5. The molecule has 0 spiro atoms. The molecule has 2 rings (SSSR count). The van der Waals surface area contributed by atoms with E-state index in [1.54, 1.807) is 0 Å². The third-order valence-electron chi connectivity index (χ3n) is 4.56. The van der Waals surface area contributed by atoms with Crippen molar-refractivity contribution in [2.24, 2.45) is 10.9 Å². The molecular weight excluding hydrogens is 300 g/mol. The van der Waals surface area contributed by atoms with Crippen LogP contribution in [0.1, 0.15) is 46.0 Å². The zero-order valence-corrected chi connectivity index (χ0v) is 14.1. The van der Waals surface area contributed by atoms with Gasteiger partial charge in [0, 0.05) is 18.7 Å². The fourth-order valence-corrected chi connectivity index (χ4v) is 3.29. The first-order chi connectivity index (χ1) is 10.5. The summed E-state index contributed by atoms with van der Waals surface area (Å²) in [5, 5.41) is 2.81. The summed E-state index contributed by atoms with van der Waals surface area (Å²) in [7, 11) is 0. The minimum Gasteiger partial charge on any atom is -0.353 e. The van der Waals surface area contributed by atoms with Crippen molar-refractivity contribution >= 4 is 35.4 Å². The Morgan fingerprint density at radius 3 is 2.77 bits per heavy atom. The number of hydrogen-bond donors (Lipinski definition) is 2. The Hall–Kier alpha value is -1.34. The van der Waals surface area contributed by atoms with Gasteiger partial charge in [0.15, 0.2) is 11.0 Å². The first-order valence-corrected chi connectivity index (χ1v) is 8.40. The molecule has 122 valence electrons. The summed E-state index contributed by atoms with van der Waals surface area (Å²) in [6.07, 6.45) is 6.61. The van der Waals surface area contributed by atoms with Crippen molar-refractivity contribution < 1.29 is 15.3 Å². The third-order valence-corrected chi connectivity index (χ3v) is 4.86. The molecule has 1 saturated heterocycles. The van der Waals surface area contributed by atoms with Crippen molar-refractivity contribution in [2.45, 2.75) is 64.1 Å². The maximum atomic E-state index is 12.6. The summed E-state index contributed by atoms with van der Waals surface area (Å²) >= 11 is 5.12. The van der Waals surface area contributed by atoms with Crippen molar-refractivity contribution in [2.75, 3.05) is 0 Å². The van der Waals surface area contributed by atoms with Crippen LogP contribution in [0.5, 0.6) is 0 Å². The fraction of sp³-hybridized carbons (Fsp3) is 0.733. The largest absolute Gasteiger partial charge is 0.353 e. The summed E-state index contributed by atoms with van der Waals surface area (Å²) in [4.78, 5) is 30.6. The van der Waals surface area contributed by atoms with Crippen LogP contribution in [0.2, 0.25) is 0 Å². The second kappa shape index (κ2) is 7.28. The standard InChI is InChI=1S/C15H24N4O2S/c1-3-9(2)19-14(21)10(13(20)18-15(19)22)8-17-12-7-5-4-6-11(12)16/h8-12H,3-7,16H2,1-2H3,(H,18,20,22)/p+1/t9-,10+,11+,12+/m1/s1. The smallest absolute Gasteiger partial charge is 0.247 e. The molecule has 4 atom stereocenters. The molecule has 6 nitrogen and oxygen atoms in total. The van der Waals surface area contributed by atoms with E-state index < -0.39 is 5.92 Å². The molecule has 1 heterocycles. The molecule has 2 amide bonds. The van der Waals surface area contributed by atoms with Gasteiger partial charge in [-0.25, -0.2) is 0 Å². The van der Waals surface area contributed by atoms with Crippen LogP contribution < -0.4 is 11.1 Å². The number of carbonyl (C=O) groups excluding carboxylic acids is 2. The van der Waals surface area contributed by atoms with Crippen LogP contribution in [0.15, 0.2) is 4.99 Å². The van der Waals surface area contributed by atoms with Gasteiger partial charge < -0.3 is 11.1 Å². The molecule has 4 N–H and O–H groups in total. The quantitative estimate of drug-likeness (QED) is 0.442.